The van der Waals surface area contributed by atoms with Gasteiger partial charge in [0.2, 0.25) is 5.76 Å². The number of benzene rings is 2. The monoisotopic (exact) mass is 433 g/mol. The number of fused-ring (bicyclic) bond motifs is 2. The van der Waals surface area contributed by atoms with Crippen LogP contribution in [-0.2, 0) is 9.47 Å². The van der Waals surface area contributed by atoms with Gasteiger partial charge in [-0.15, -0.1) is 0 Å². The van der Waals surface area contributed by atoms with E-state index in [2.05, 4.69) is 0 Å². The molecule has 7 heteroatoms. The summed E-state index contributed by atoms with van der Waals surface area (Å²) < 4.78 is 16.5. The molecule has 0 spiro atoms. The van der Waals surface area contributed by atoms with Gasteiger partial charge in [0, 0.05) is 13.2 Å². The van der Waals surface area contributed by atoms with Crippen molar-refractivity contribution in [2.24, 2.45) is 0 Å². The van der Waals surface area contributed by atoms with Crippen LogP contribution in [0.15, 0.2) is 51.7 Å². The number of hydrogen-bond acceptors (Lipinski definition) is 6. The van der Waals surface area contributed by atoms with Crippen molar-refractivity contribution < 1.29 is 23.5 Å². The number of nitrogens with zero attached hydrogens (tertiary/aromatic N) is 1. The average Bonchev–Trinajstić information content (AvgIpc) is 3.41. The van der Waals surface area contributed by atoms with E-state index in [4.69, 9.17) is 13.9 Å². The summed E-state index contributed by atoms with van der Waals surface area (Å²) in [5.74, 6) is -0.694. The first-order chi connectivity index (χ1) is 15.5. The molecule has 0 aliphatic carbocycles. The highest BCUT2D eigenvalue weighted by atomic mass is 16.5. The molecule has 0 N–H and O–H groups in total. The van der Waals surface area contributed by atoms with Crippen LogP contribution in [-0.4, -0.2) is 43.1 Å². The van der Waals surface area contributed by atoms with Gasteiger partial charge in [-0.2, -0.15) is 0 Å². The maximum absolute atomic E-state index is 13.6. The molecule has 164 valence electrons. The fourth-order valence-electron chi connectivity index (χ4n) is 4.60. The van der Waals surface area contributed by atoms with Crippen molar-refractivity contribution in [1.82, 2.24) is 4.90 Å². The second-order valence-corrected chi connectivity index (χ2v) is 8.28. The van der Waals surface area contributed by atoms with E-state index < -0.39 is 12.0 Å². The van der Waals surface area contributed by atoms with Gasteiger partial charge in [-0.3, -0.25) is 9.59 Å². The topological polar surface area (TPSA) is 86.0 Å². The van der Waals surface area contributed by atoms with Crippen LogP contribution in [0.3, 0.4) is 0 Å². The number of ether oxygens (including phenoxy) is 2. The van der Waals surface area contributed by atoms with Gasteiger partial charge in [0.1, 0.15) is 5.58 Å². The lowest BCUT2D eigenvalue weighted by atomic mass is 9.97. The fourth-order valence-corrected chi connectivity index (χ4v) is 4.60. The Hall–Kier alpha value is -3.45. The zero-order valence-electron chi connectivity index (χ0n) is 17.9. The molecule has 0 saturated carbocycles. The summed E-state index contributed by atoms with van der Waals surface area (Å²) in [6.45, 7) is 2.93. The second kappa shape index (κ2) is 7.91. The smallest absolute Gasteiger partial charge is 0.337 e. The van der Waals surface area contributed by atoms with Crippen LogP contribution in [0.25, 0.3) is 11.0 Å². The SMILES string of the molecule is COC(=O)c1ccc([C@H]2c3c(oc4ccc(C)cc4c3=O)C(=O)N2C[C@@H]2CCCO2)cc1. The molecule has 32 heavy (non-hydrogen) atoms. The van der Waals surface area contributed by atoms with Gasteiger partial charge >= 0.3 is 5.97 Å². The van der Waals surface area contributed by atoms with Crippen LogP contribution in [0.4, 0.5) is 0 Å². The lowest BCUT2D eigenvalue weighted by molar-refractivity contribution is 0.0486. The van der Waals surface area contributed by atoms with Gasteiger partial charge < -0.3 is 18.8 Å². The van der Waals surface area contributed by atoms with E-state index in [0.29, 0.717) is 35.2 Å². The first-order valence-corrected chi connectivity index (χ1v) is 10.7. The Kier molecular flexibility index (Phi) is 5.06. The molecule has 2 aromatic carbocycles. The molecular formula is C25H23NO6. The van der Waals surface area contributed by atoms with Gasteiger partial charge in [0.05, 0.1) is 35.8 Å². The van der Waals surface area contributed by atoms with Crippen molar-refractivity contribution in [3.05, 3.63) is 80.7 Å². The summed E-state index contributed by atoms with van der Waals surface area (Å²) in [5, 5.41) is 0.451. The standard InChI is InChI=1S/C25H23NO6/c1-14-5-10-19-18(12-14)22(27)20-21(15-6-8-16(9-7-15)25(29)30-2)26(24(28)23(20)32-19)13-17-4-3-11-31-17/h5-10,12,17,21H,3-4,11,13H2,1-2H3/t17-,21-/m0/s1. The summed E-state index contributed by atoms with van der Waals surface area (Å²) in [4.78, 5) is 40.5. The number of carbonyl (C=O) groups is 2. The van der Waals surface area contributed by atoms with Gasteiger partial charge in [0.15, 0.2) is 5.43 Å². The number of methoxy groups -OCH3 is 1. The average molecular weight is 433 g/mol. The highest BCUT2D eigenvalue weighted by Crippen LogP contribution is 2.39. The number of esters is 1. The molecule has 0 bridgehead atoms. The minimum Gasteiger partial charge on any atom is -0.465 e. The van der Waals surface area contributed by atoms with Gasteiger partial charge in [-0.1, -0.05) is 23.8 Å². The fraction of sp³-hybridized carbons (Fsp3) is 0.320. The Labute approximate surface area is 184 Å². The van der Waals surface area contributed by atoms with Crippen LogP contribution < -0.4 is 5.43 Å². The lowest BCUT2D eigenvalue weighted by Gasteiger charge is -2.27. The summed E-state index contributed by atoms with van der Waals surface area (Å²) in [6.07, 6.45) is 1.71. The molecule has 3 aromatic rings. The minimum absolute atomic E-state index is 0.0754. The molecule has 0 radical (unpaired) electrons. The zero-order chi connectivity index (χ0) is 22.4. The molecule has 1 fully saturated rings. The number of amides is 1. The number of hydrogen-bond donors (Lipinski definition) is 0. The summed E-state index contributed by atoms with van der Waals surface area (Å²) >= 11 is 0. The van der Waals surface area contributed by atoms with E-state index in [9.17, 15) is 14.4 Å². The maximum atomic E-state index is 13.6. The second-order valence-electron chi connectivity index (χ2n) is 8.28. The maximum Gasteiger partial charge on any atom is 0.337 e. The molecular weight excluding hydrogens is 410 g/mol. The molecule has 3 heterocycles. The molecule has 0 unspecified atom stereocenters. The van der Waals surface area contributed by atoms with Gasteiger partial charge in [0.25, 0.3) is 5.91 Å². The molecule has 1 amide bonds. The highest BCUT2D eigenvalue weighted by molar-refractivity contribution is 5.99. The third-order valence-corrected chi connectivity index (χ3v) is 6.19. The molecule has 2 aliphatic rings. The molecule has 1 aromatic heterocycles. The summed E-state index contributed by atoms with van der Waals surface area (Å²) in [6, 6.07) is 11.5. The Balaban J connectivity index is 1.66. The van der Waals surface area contributed by atoms with Crippen LogP contribution in [0.5, 0.6) is 0 Å². The Morgan fingerprint density at radius 3 is 2.62 bits per heavy atom. The van der Waals surface area contributed by atoms with Gasteiger partial charge in [-0.25, -0.2) is 4.79 Å². The summed E-state index contributed by atoms with van der Waals surface area (Å²) in [5.41, 5.74) is 2.57. The minimum atomic E-state index is -0.616. The Morgan fingerprint density at radius 1 is 1.16 bits per heavy atom. The molecule has 7 nitrogen and oxygen atoms in total. The van der Waals surface area contributed by atoms with E-state index in [0.717, 1.165) is 24.0 Å². The van der Waals surface area contributed by atoms with E-state index in [-0.39, 0.29) is 23.2 Å². The molecule has 1 saturated heterocycles. The normalized spacial score (nSPS) is 20.1. The zero-order valence-corrected chi connectivity index (χ0v) is 17.9. The summed E-state index contributed by atoms with van der Waals surface area (Å²) in [7, 11) is 1.32. The number of aryl methyl sites for hydroxylation is 1. The van der Waals surface area contributed by atoms with Crippen LogP contribution >= 0.6 is 0 Å². The van der Waals surface area contributed by atoms with Crippen LogP contribution in [0, 0.1) is 6.92 Å². The van der Waals surface area contributed by atoms with Gasteiger partial charge in [-0.05, 0) is 49.6 Å². The quantitative estimate of drug-likeness (QED) is 0.585. The highest BCUT2D eigenvalue weighted by Gasteiger charge is 2.43. The number of carbonyl (C=O) groups excluding carboxylic acids is 2. The first kappa shape index (κ1) is 20.5. The molecule has 2 aliphatic heterocycles. The molecule has 5 rings (SSSR count). The van der Waals surface area contributed by atoms with Crippen molar-refractivity contribution in [2.75, 3.05) is 20.3 Å². The first-order valence-electron chi connectivity index (χ1n) is 10.7. The van der Waals surface area contributed by atoms with Crippen molar-refractivity contribution in [3.63, 3.8) is 0 Å². The number of rotatable bonds is 4. The molecule has 2 atom stereocenters. The largest absolute Gasteiger partial charge is 0.465 e. The van der Waals surface area contributed by atoms with E-state index in [1.807, 2.05) is 13.0 Å². The third-order valence-electron chi connectivity index (χ3n) is 6.19. The van der Waals surface area contributed by atoms with Crippen molar-refractivity contribution in [1.29, 1.82) is 0 Å². The van der Waals surface area contributed by atoms with Crippen molar-refractivity contribution in [3.8, 4) is 0 Å². The third kappa shape index (κ3) is 3.29. The van der Waals surface area contributed by atoms with Crippen LogP contribution in [0.1, 0.15) is 56.5 Å². The van der Waals surface area contributed by atoms with E-state index in [1.54, 1.807) is 41.3 Å². The predicted molar refractivity (Wildman–Crippen MR) is 117 cm³/mol. The van der Waals surface area contributed by atoms with Crippen LogP contribution in [0.2, 0.25) is 0 Å². The van der Waals surface area contributed by atoms with E-state index in [1.165, 1.54) is 7.11 Å². The predicted octanol–water partition coefficient (Wildman–Crippen LogP) is 3.61. The van der Waals surface area contributed by atoms with E-state index >= 15 is 0 Å². The lowest BCUT2D eigenvalue weighted by Crippen LogP contribution is -2.36. The van der Waals surface area contributed by atoms with Crippen molar-refractivity contribution >= 4 is 22.8 Å². The Bertz CT molecular complexity index is 1270. The van der Waals surface area contributed by atoms with Crippen molar-refractivity contribution in [2.45, 2.75) is 31.9 Å². The Morgan fingerprint density at radius 2 is 1.94 bits per heavy atom.